The van der Waals surface area contributed by atoms with Gasteiger partial charge in [0.1, 0.15) is 0 Å². The quantitative estimate of drug-likeness (QED) is 0.730. The van der Waals surface area contributed by atoms with E-state index in [-0.39, 0.29) is 0 Å². The highest BCUT2D eigenvalue weighted by atomic mass is 79.9. The fraction of sp³-hybridized carbons (Fsp3) is 0.429. The van der Waals surface area contributed by atoms with E-state index in [0.29, 0.717) is 5.92 Å². The molecule has 0 amide bonds. The largest absolute Gasteiger partial charge is 0.226 e. The number of rotatable bonds is 1. The second kappa shape index (κ2) is 4.37. The number of fused-ring (bicyclic) bond motifs is 1. The fourth-order valence-electron chi connectivity index (χ4n) is 2.80. The van der Waals surface area contributed by atoms with Gasteiger partial charge < -0.3 is 0 Å². The Labute approximate surface area is 110 Å². The van der Waals surface area contributed by atoms with Gasteiger partial charge in [0.05, 0.1) is 11.2 Å². The summed E-state index contributed by atoms with van der Waals surface area (Å²) < 4.78 is 0.723. The van der Waals surface area contributed by atoms with Gasteiger partial charge in [-0.15, -0.1) is 0 Å². The Morgan fingerprint density at radius 1 is 1.18 bits per heavy atom. The summed E-state index contributed by atoms with van der Waals surface area (Å²) in [5, 5.41) is 1.24. The first kappa shape index (κ1) is 11.1. The molecule has 0 aliphatic heterocycles. The van der Waals surface area contributed by atoms with Crippen LogP contribution < -0.4 is 0 Å². The van der Waals surface area contributed by atoms with E-state index in [4.69, 9.17) is 0 Å². The zero-order chi connectivity index (χ0) is 11.8. The highest BCUT2D eigenvalue weighted by Gasteiger charge is 2.21. The average molecular weight is 291 g/mol. The maximum Gasteiger partial charge on any atom is 0.197 e. The fourth-order valence-corrected chi connectivity index (χ4v) is 3.17. The Bertz CT molecular complexity index is 559. The van der Waals surface area contributed by atoms with Crippen LogP contribution in [0.15, 0.2) is 22.9 Å². The molecule has 3 rings (SSSR count). The third kappa shape index (κ3) is 1.97. The van der Waals surface area contributed by atoms with Gasteiger partial charge in [-0.2, -0.15) is 0 Å². The van der Waals surface area contributed by atoms with E-state index in [2.05, 4.69) is 51.0 Å². The van der Waals surface area contributed by atoms with Crippen molar-refractivity contribution >= 4 is 26.8 Å². The van der Waals surface area contributed by atoms with Crippen molar-refractivity contribution < 1.29 is 0 Å². The van der Waals surface area contributed by atoms with Crippen LogP contribution in [0.5, 0.6) is 0 Å². The Morgan fingerprint density at radius 3 is 2.71 bits per heavy atom. The standard InChI is InChI=1S/C14H15BrN2/c1-9-5-4-8-11-12(9)16-14(15)17-13(11)10-6-2-3-7-10/h4-5,8,10H,2-3,6-7H2,1H3. The van der Waals surface area contributed by atoms with Crippen LogP contribution in [0.1, 0.15) is 42.9 Å². The van der Waals surface area contributed by atoms with Gasteiger partial charge in [0.15, 0.2) is 4.73 Å². The zero-order valence-electron chi connectivity index (χ0n) is 9.91. The summed E-state index contributed by atoms with van der Waals surface area (Å²) in [4.78, 5) is 9.14. The number of para-hydroxylation sites is 1. The van der Waals surface area contributed by atoms with Crippen LogP contribution in [-0.2, 0) is 0 Å². The van der Waals surface area contributed by atoms with Gasteiger partial charge in [-0.3, -0.25) is 0 Å². The monoisotopic (exact) mass is 290 g/mol. The third-order valence-corrected chi connectivity index (χ3v) is 4.03. The molecule has 3 heteroatoms. The smallest absolute Gasteiger partial charge is 0.197 e. The summed E-state index contributed by atoms with van der Waals surface area (Å²) in [6, 6.07) is 6.37. The maximum atomic E-state index is 4.63. The van der Waals surface area contributed by atoms with Crippen LogP contribution in [-0.4, -0.2) is 9.97 Å². The highest BCUT2D eigenvalue weighted by molar-refractivity contribution is 9.10. The molecule has 1 fully saturated rings. The lowest BCUT2D eigenvalue weighted by molar-refractivity contribution is 0.700. The molecule has 0 N–H and O–H groups in total. The molecule has 0 spiro atoms. The second-order valence-electron chi connectivity index (χ2n) is 4.83. The minimum Gasteiger partial charge on any atom is -0.226 e. The van der Waals surface area contributed by atoms with E-state index in [1.807, 2.05) is 0 Å². The lowest BCUT2D eigenvalue weighted by atomic mass is 9.98. The summed E-state index contributed by atoms with van der Waals surface area (Å²) in [6.07, 6.45) is 5.21. The molecule has 1 saturated carbocycles. The Morgan fingerprint density at radius 2 is 1.94 bits per heavy atom. The lowest BCUT2D eigenvalue weighted by Gasteiger charge is -2.13. The molecule has 1 aromatic carbocycles. The van der Waals surface area contributed by atoms with Gasteiger partial charge in [-0.25, -0.2) is 9.97 Å². The van der Waals surface area contributed by atoms with Crippen LogP contribution in [0.3, 0.4) is 0 Å². The van der Waals surface area contributed by atoms with Crippen LogP contribution in [0.2, 0.25) is 0 Å². The molecule has 0 unspecified atom stereocenters. The predicted molar refractivity (Wildman–Crippen MR) is 73.2 cm³/mol. The van der Waals surface area contributed by atoms with Crippen LogP contribution in [0.4, 0.5) is 0 Å². The van der Waals surface area contributed by atoms with E-state index < -0.39 is 0 Å². The molecule has 0 radical (unpaired) electrons. The van der Waals surface area contributed by atoms with E-state index in [1.54, 1.807) is 0 Å². The van der Waals surface area contributed by atoms with Crippen molar-refractivity contribution in [1.29, 1.82) is 0 Å². The lowest BCUT2D eigenvalue weighted by Crippen LogP contribution is -2.01. The van der Waals surface area contributed by atoms with Gasteiger partial charge in [-0.05, 0) is 41.3 Å². The Kier molecular flexibility index (Phi) is 2.87. The molecule has 1 heterocycles. The van der Waals surface area contributed by atoms with E-state index in [1.165, 1.54) is 42.3 Å². The number of aromatic nitrogens is 2. The molecular formula is C14H15BrN2. The topological polar surface area (TPSA) is 25.8 Å². The van der Waals surface area contributed by atoms with Crippen LogP contribution in [0, 0.1) is 6.92 Å². The normalized spacial score (nSPS) is 16.8. The molecule has 2 aromatic rings. The van der Waals surface area contributed by atoms with Gasteiger partial charge in [-0.1, -0.05) is 31.0 Å². The first-order valence-electron chi connectivity index (χ1n) is 6.18. The SMILES string of the molecule is Cc1cccc2c(C3CCCC3)nc(Br)nc12. The number of benzene rings is 1. The number of aryl methyl sites for hydroxylation is 1. The molecule has 0 saturated heterocycles. The van der Waals surface area contributed by atoms with Gasteiger partial charge in [0.2, 0.25) is 0 Å². The van der Waals surface area contributed by atoms with Gasteiger partial charge in [0.25, 0.3) is 0 Å². The van der Waals surface area contributed by atoms with Crippen LogP contribution in [0.25, 0.3) is 10.9 Å². The van der Waals surface area contributed by atoms with Crippen molar-refractivity contribution in [3.8, 4) is 0 Å². The Balaban J connectivity index is 2.25. The molecule has 0 bridgehead atoms. The molecule has 2 nitrogen and oxygen atoms in total. The molecule has 1 aliphatic rings. The predicted octanol–water partition coefficient (Wildman–Crippen LogP) is 4.36. The van der Waals surface area contributed by atoms with Crippen molar-refractivity contribution in [1.82, 2.24) is 9.97 Å². The summed E-state index contributed by atoms with van der Waals surface area (Å²) in [6.45, 7) is 2.11. The van der Waals surface area contributed by atoms with Gasteiger partial charge >= 0.3 is 0 Å². The number of nitrogens with zero attached hydrogens (tertiary/aromatic N) is 2. The first-order chi connectivity index (χ1) is 8.25. The summed E-state index contributed by atoms with van der Waals surface area (Å²) in [5.41, 5.74) is 3.56. The maximum absolute atomic E-state index is 4.63. The molecule has 1 aromatic heterocycles. The number of hydrogen-bond acceptors (Lipinski definition) is 2. The average Bonchev–Trinajstić information content (AvgIpc) is 2.83. The first-order valence-corrected chi connectivity index (χ1v) is 6.98. The highest BCUT2D eigenvalue weighted by Crippen LogP contribution is 2.37. The van der Waals surface area contributed by atoms with Gasteiger partial charge in [0, 0.05) is 11.3 Å². The van der Waals surface area contributed by atoms with Crippen molar-refractivity contribution in [3.05, 3.63) is 34.2 Å². The van der Waals surface area contributed by atoms with E-state index >= 15 is 0 Å². The molecule has 17 heavy (non-hydrogen) atoms. The Hall–Kier alpha value is -0.960. The van der Waals surface area contributed by atoms with Crippen molar-refractivity contribution in [3.63, 3.8) is 0 Å². The number of hydrogen-bond donors (Lipinski definition) is 0. The molecule has 88 valence electrons. The third-order valence-electron chi connectivity index (χ3n) is 3.67. The van der Waals surface area contributed by atoms with E-state index in [0.717, 1.165) is 10.3 Å². The molecule has 1 aliphatic carbocycles. The van der Waals surface area contributed by atoms with Crippen LogP contribution >= 0.6 is 15.9 Å². The molecule has 0 atom stereocenters. The van der Waals surface area contributed by atoms with E-state index in [9.17, 15) is 0 Å². The number of halogens is 1. The summed E-state index contributed by atoms with van der Waals surface area (Å²) in [7, 11) is 0. The second-order valence-corrected chi connectivity index (χ2v) is 5.54. The minimum atomic E-state index is 0.624. The van der Waals surface area contributed by atoms with Crippen molar-refractivity contribution in [2.45, 2.75) is 38.5 Å². The minimum absolute atomic E-state index is 0.624. The molecular weight excluding hydrogens is 276 g/mol. The van der Waals surface area contributed by atoms with Crippen molar-refractivity contribution in [2.75, 3.05) is 0 Å². The van der Waals surface area contributed by atoms with Crippen molar-refractivity contribution in [2.24, 2.45) is 0 Å². The summed E-state index contributed by atoms with van der Waals surface area (Å²) in [5.74, 6) is 0.624. The summed E-state index contributed by atoms with van der Waals surface area (Å²) >= 11 is 3.44. The zero-order valence-corrected chi connectivity index (χ0v) is 11.5.